The highest BCUT2D eigenvalue weighted by Gasteiger charge is 2.69. The smallest absolute Gasteiger partial charge is 0.327 e. The summed E-state index contributed by atoms with van der Waals surface area (Å²) in [6, 6.07) is -0.377. The van der Waals surface area contributed by atoms with Crippen LogP contribution in [0.5, 0.6) is 0 Å². The Morgan fingerprint density at radius 2 is 0.906 bits per heavy atom. The van der Waals surface area contributed by atoms with Gasteiger partial charge in [0, 0.05) is 12.8 Å². The number of halogens is 4. The number of hydrogen-bond acceptors (Lipinski definition) is 4. The van der Waals surface area contributed by atoms with Crippen LogP contribution in [0, 0.1) is 10.8 Å². The molecule has 3 rings (SSSR count). The summed E-state index contributed by atoms with van der Waals surface area (Å²) in [5, 5.41) is 39.7. The van der Waals surface area contributed by atoms with Gasteiger partial charge < -0.3 is 63.4 Å². The van der Waals surface area contributed by atoms with Crippen LogP contribution in [0.25, 0.3) is 0 Å². The van der Waals surface area contributed by atoms with Gasteiger partial charge in [0.15, 0.2) is 0 Å². The molecule has 0 saturated carbocycles. The molecule has 10 nitrogen and oxygen atoms in total. The lowest BCUT2D eigenvalue weighted by molar-refractivity contribution is -1.04. The van der Waals surface area contributed by atoms with Gasteiger partial charge in [-0.3, -0.25) is 19.2 Å². The Labute approximate surface area is 222 Å². The molecule has 3 heterocycles. The maximum absolute atomic E-state index is 11.9. The van der Waals surface area contributed by atoms with Crippen molar-refractivity contribution in [3.8, 4) is 0 Å². The van der Waals surface area contributed by atoms with Crippen LogP contribution in [0.4, 0.5) is 0 Å². The van der Waals surface area contributed by atoms with Crippen LogP contribution in [0.3, 0.4) is 0 Å². The molecule has 0 amide bonds. The molecule has 184 valence electrons. The average molecular weight is 718 g/mol. The number of carboxylic acids is 4. The molecule has 3 aliphatic heterocycles. The van der Waals surface area contributed by atoms with Crippen LogP contribution in [-0.2, 0) is 19.2 Å². The lowest BCUT2D eigenvalue weighted by atomic mass is 9.86. The fraction of sp³-hybridized carbons (Fsp3) is 0.778. The van der Waals surface area contributed by atoms with Gasteiger partial charge in [0.05, 0.1) is 10.7 Å². The number of nitrogens with zero attached hydrogens (tertiary/aromatic N) is 2. The first-order valence-corrected chi connectivity index (χ1v) is 11.9. The molecule has 0 aromatic heterocycles. The lowest BCUT2D eigenvalue weighted by Gasteiger charge is -2.51. The largest absolute Gasteiger partial charge is 1.00 e. The Bertz CT molecular complexity index is 695. The average Bonchev–Trinajstić information content (AvgIpc) is 3.19. The maximum atomic E-state index is 11.9. The van der Waals surface area contributed by atoms with Crippen molar-refractivity contribution in [3.63, 3.8) is 0 Å². The zero-order chi connectivity index (χ0) is 22.5. The monoisotopic (exact) mass is 714 g/mol. The summed E-state index contributed by atoms with van der Waals surface area (Å²) >= 11 is 6.85. The molecule has 2 unspecified atom stereocenters. The fourth-order valence-corrected chi connectivity index (χ4v) is 7.61. The first-order valence-electron chi connectivity index (χ1n) is 9.71. The van der Waals surface area contributed by atoms with Crippen molar-refractivity contribution >= 4 is 55.7 Å². The predicted molar refractivity (Wildman–Crippen MR) is 110 cm³/mol. The second-order valence-electron chi connectivity index (χ2n) is 9.06. The summed E-state index contributed by atoms with van der Waals surface area (Å²) in [6.07, 6.45) is 0.0535. The number of quaternary nitrogens is 2. The van der Waals surface area contributed by atoms with E-state index in [0.717, 1.165) is 0 Å². The number of carbonyl (C=O) groups is 4. The molecule has 4 N–H and O–H groups in total. The lowest BCUT2D eigenvalue weighted by Crippen LogP contribution is -3.00. The molecule has 14 heteroatoms. The van der Waals surface area contributed by atoms with E-state index in [-0.39, 0.29) is 72.0 Å². The van der Waals surface area contributed by atoms with E-state index in [1.807, 2.05) is 0 Å². The van der Waals surface area contributed by atoms with Crippen molar-refractivity contribution < 1.29 is 82.5 Å². The second kappa shape index (κ2) is 10.1. The van der Waals surface area contributed by atoms with Crippen molar-refractivity contribution in [3.05, 3.63) is 0 Å². The number of alkyl halides is 2. The highest BCUT2D eigenvalue weighted by atomic mass is 79.9. The van der Waals surface area contributed by atoms with E-state index in [1.54, 1.807) is 0 Å². The zero-order valence-corrected chi connectivity index (χ0v) is 23.4. The normalized spacial score (nSPS) is 34.4. The number of hydrogen-bond donors (Lipinski definition) is 4. The van der Waals surface area contributed by atoms with Crippen LogP contribution in [0.15, 0.2) is 0 Å². The summed E-state index contributed by atoms with van der Waals surface area (Å²) in [5.41, 5.74) is -3.68. The Kier molecular flexibility index (Phi) is 9.43. The number of rotatable bonds is 6. The van der Waals surface area contributed by atoms with E-state index >= 15 is 0 Å². The molecule has 0 radical (unpaired) electrons. The zero-order valence-electron chi connectivity index (χ0n) is 17.1. The molecular formula is C18H26Br4N2O8. The van der Waals surface area contributed by atoms with Gasteiger partial charge in [-0.1, -0.05) is 31.9 Å². The van der Waals surface area contributed by atoms with E-state index in [2.05, 4.69) is 31.9 Å². The quantitative estimate of drug-likeness (QED) is 0.121. The van der Waals surface area contributed by atoms with Crippen molar-refractivity contribution in [2.75, 3.05) is 49.9 Å². The summed E-state index contributed by atoms with van der Waals surface area (Å²) in [5.74, 6) is -5.33. The molecule has 2 spiro atoms. The van der Waals surface area contributed by atoms with E-state index in [9.17, 15) is 39.6 Å². The Morgan fingerprint density at radius 1 is 0.656 bits per heavy atom. The Morgan fingerprint density at radius 3 is 1.09 bits per heavy atom. The van der Waals surface area contributed by atoms with Gasteiger partial charge in [-0.2, -0.15) is 0 Å². The van der Waals surface area contributed by atoms with Crippen molar-refractivity contribution in [2.45, 2.75) is 24.9 Å². The molecule has 0 aliphatic carbocycles. The minimum atomic E-state index is -1.84. The molecular weight excluding hydrogens is 692 g/mol. The second-order valence-corrected chi connectivity index (χ2v) is 10.4. The van der Waals surface area contributed by atoms with E-state index < -0.39 is 34.7 Å². The first kappa shape index (κ1) is 29.8. The maximum Gasteiger partial charge on any atom is 0.327 e. The Hall–Kier alpha value is -0.280. The summed E-state index contributed by atoms with van der Waals surface area (Å²) in [7, 11) is 0. The van der Waals surface area contributed by atoms with E-state index in [1.165, 1.54) is 0 Å². The minimum absolute atomic E-state index is 0. The van der Waals surface area contributed by atoms with Crippen LogP contribution in [0.1, 0.15) is 12.8 Å². The third-order valence-corrected chi connectivity index (χ3v) is 9.36. The summed E-state index contributed by atoms with van der Waals surface area (Å²) in [4.78, 5) is 47.6. The van der Waals surface area contributed by atoms with Crippen molar-refractivity contribution in [1.82, 2.24) is 0 Å². The summed E-state index contributed by atoms with van der Waals surface area (Å²) in [6.45, 7) is 1.90. The highest BCUT2D eigenvalue weighted by Crippen LogP contribution is 2.47. The summed E-state index contributed by atoms with van der Waals surface area (Å²) < 4.78 is 0.679. The number of carboxylic acid groups (broad SMARTS) is 4. The van der Waals surface area contributed by atoms with Crippen molar-refractivity contribution in [2.24, 2.45) is 10.8 Å². The topological polar surface area (TPSA) is 149 Å². The predicted octanol–water partition coefficient (Wildman–Crippen LogP) is -5.71. The van der Waals surface area contributed by atoms with Gasteiger partial charge in [-0.15, -0.1) is 0 Å². The van der Waals surface area contributed by atoms with E-state index in [4.69, 9.17) is 0 Å². The van der Waals surface area contributed by atoms with Crippen LogP contribution >= 0.6 is 31.9 Å². The molecule has 2 atom stereocenters. The van der Waals surface area contributed by atoms with Gasteiger partial charge in [-0.25, -0.2) is 0 Å². The third-order valence-electron chi connectivity index (χ3n) is 7.86. The molecule has 3 saturated heterocycles. The number of aliphatic carboxylic acids is 4. The molecule has 0 bridgehead atoms. The molecule has 0 aromatic carbocycles. The first-order chi connectivity index (χ1) is 13.9. The van der Waals surface area contributed by atoms with Gasteiger partial charge in [0.25, 0.3) is 0 Å². The van der Waals surface area contributed by atoms with Crippen molar-refractivity contribution in [1.29, 1.82) is 0 Å². The van der Waals surface area contributed by atoms with E-state index in [0.29, 0.717) is 45.8 Å². The molecule has 32 heavy (non-hydrogen) atoms. The molecule has 3 fully saturated rings. The third kappa shape index (κ3) is 4.28. The molecule has 3 aliphatic rings. The van der Waals surface area contributed by atoms with Gasteiger partial charge in [0.1, 0.15) is 51.4 Å². The van der Waals surface area contributed by atoms with Crippen LogP contribution in [0.2, 0.25) is 0 Å². The van der Waals surface area contributed by atoms with Gasteiger partial charge >= 0.3 is 23.9 Å². The van der Waals surface area contributed by atoms with Crippen LogP contribution in [-0.4, -0.2) is 115 Å². The Balaban J connectivity index is 0.00000256. The molecule has 0 aromatic rings. The van der Waals surface area contributed by atoms with Gasteiger partial charge in [-0.05, 0) is 0 Å². The van der Waals surface area contributed by atoms with Crippen LogP contribution < -0.4 is 34.0 Å². The standard InChI is InChI=1S/C18H24Br2N2O8.2BrH/c19-7-11-5-17(13(23)24,14(25)26)9-21(11)1-2-22(4-3-21)10-18(15(27)28,16(29)30)6-12(22)8-20;;/h11-12H,1-10H2,(H2-2,23,24,25,26,27,28,29,30);2*1H. The SMILES string of the molecule is O=C(O)C1(C(=O)O)CC(CBr)[N+]2(CC[N+]3(CC2)CC(C(=O)O)(C(=O)O)CC3CBr)C1.[Br-].[Br-]. The number of piperazine rings is 1. The fourth-order valence-electron chi connectivity index (χ4n) is 5.93. The van der Waals surface area contributed by atoms with Gasteiger partial charge in [0.2, 0.25) is 10.8 Å². The highest BCUT2D eigenvalue weighted by molar-refractivity contribution is 9.09. The minimum Gasteiger partial charge on any atom is -1.00 e.